The SMILES string of the molecule is C=C/C=C\C=C(/C)S(=O)(=O)NC(C(=O)NC1Cc2cncn2CCNC(=O)C1=O)C(C)C. The maximum Gasteiger partial charge on any atom is 0.289 e. The van der Waals surface area contributed by atoms with Crippen molar-refractivity contribution in [1.29, 1.82) is 0 Å². The summed E-state index contributed by atoms with van der Waals surface area (Å²) < 4.78 is 29.5. The van der Waals surface area contributed by atoms with Crippen LogP contribution in [0, 0.1) is 5.92 Å². The molecule has 1 aromatic rings. The molecular formula is C21H29N5O5S. The minimum absolute atomic E-state index is 0.0100. The normalized spacial score (nSPS) is 19.0. The van der Waals surface area contributed by atoms with E-state index in [-0.39, 0.29) is 17.9 Å². The van der Waals surface area contributed by atoms with Gasteiger partial charge in [-0.25, -0.2) is 13.4 Å². The molecule has 2 amide bonds. The average Bonchev–Trinajstić information content (AvgIpc) is 3.18. The van der Waals surface area contributed by atoms with Gasteiger partial charge >= 0.3 is 0 Å². The molecule has 10 nitrogen and oxygen atoms in total. The van der Waals surface area contributed by atoms with Crippen LogP contribution < -0.4 is 15.4 Å². The minimum atomic E-state index is -3.97. The lowest BCUT2D eigenvalue weighted by Crippen LogP contribution is -2.55. The Bertz CT molecular complexity index is 1040. The van der Waals surface area contributed by atoms with Crippen molar-refractivity contribution in [3.05, 3.63) is 54.0 Å². The summed E-state index contributed by atoms with van der Waals surface area (Å²) in [7, 11) is -3.97. The van der Waals surface area contributed by atoms with Gasteiger partial charge in [-0.1, -0.05) is 38.7 Å². The molecule has 2 rings (SSSR count). The van der Waals surface area contributed by atoms with Gasteiger partial charge in [0.1, 0.15) is 12.1 Å². The lowest BCUT2D eigenvalue weighted by Gasteiger charge is -2.24. The molecule has 11 heteroatoms. The monoisotopic (exact) mass is 463 g/mol. The first-order valence-corrected chi connectivity index (χ1v) is 11.6. The van der Waals surface area contributed by atoms with Crippen molar-refractivity contribution in [2.45, 2.75) is 45.8 Å². The smallest absolute Gasteiger partial charge is 0.289 e. The number of imidazole rings is 1. The molecule has 32 heavy (non-hydrogen) atoms. The molecule has 0 spiro atoms. The highest BCUT2D eigenvalue weighted by Crippen LogP contribution is 2.12. The van der Waals surface area contributed by atoms with Crippen molar-refractivity contribution in [3.63, 3.8) is 0 Å². The molecule has 1 aromatic heterocycles. The van der Waals surface area contributed by atoms with Crippen LogP contribution in [0.5, 0.6) is 0 Å². The number of fused-ring (bicyclic) bond motifs is 1. The van der Waals surface area contributed by atoms with E-state index in [1.165, 1.54) is 25.2 Å². The zero-order valence-electron chi connectivity index (χ0n) is 18.4. The predicted octanol–water partition coefficient (Wildman–Crippen LogP) is 0.199. The summed E-state index contributed by atoms with van der Waals surface area (Å²) >= 11 is 0. The van der Waals surface area contributed by atoms with Gasteiger partial charge in [-0.15, -0.1) is 0 Å². The van der Waals surface area contributed by atoms with Gasteiger partial charge in [-0.05, 0) is 18.9 Å². The van der Waals surface area contributed by atoms with Gasteiger partial charge in [0.25, 0.3) is 5.91 Å². The number of allylic oxidation sites excluding steroid dienone is 5. The highest BCUT2D eigenvalue weighted by molar-refractivity contribution is 7.93. The quantitative estimate of drug-likeness (QED) is 0.372. The number of nitrogens with one attached hydrogen (secondary N) is 3. The van der Waals surface area contributed by atoms with Crippen molar-refractivity contribution in [2.24, 2.45) is 5.92 Å². The predicted molar refractivity (Wildman–Crippen MR) is 120 cm³/mol. The first-order chi connectivity index (χ1) is 15.1. The van der Waals surface area contributed by atoms with E-state index in [9.17, 15) is 22.8 Å². The average molecular weight is 464 g/mol. The fourth-order valence-electron chi connectivity index (χ4n) is 3.05. The molecule has 3 N–H and O–H groups in total. The molecule has 0 fully saturated rings. The largest absolute Gasteiger partial charge is 0.348 e. The molecule has 0 saturated carbocycles. The van der Waals surface area contributed by atoms with E-state index < -0.39 is 45.6 Å². The highest BCUT2D eigenvalue weighted by atomic mass is 32.2. The van der Waals surface area contributed by atoms with Crippen LogP contribution in [0.1, 0.15) is 26.5 Å². The number of ketones is 1. The van der Waals surface area contributed by atoms with Gasteiger partial charge in [0.2, 0.25) is 21.7 Å². The summed E-state index contributed by atoms with van der Waals surface area (Å²) in [6, 6.07) is -2.31. The van der Waals surface area contributed by atoms with E-state index in [1.54, 1.807) is 37.0 Å². The third-order valence-corrected chi connectivity index (χ3v) is 6.49. The Balaban J connectivity index is 2.24. The molecule has 0 aromatic carbocycles. The number of aromatic nitrogens is 2. The second-order valence-corrected chi connectivity index (χ2v) is 9.59. The molecule has 0 bridgehead atoms. The molecule has 2 unspecified atom stereocenters. The van der Waals surface area contributed by atoms with E-state index in [2.05, 4.69) is 26.9 Å². The molecular weight excluding hydrogens is 434 g/mol. The highest BCUT2D eigenvalue weighted by Gasteiger charge is 2.34. The van der Waals surface area contributed by atoms with Crippen LogP contribution in [0.2, 0.25) is 0 Å². The fraction of sp³-hybridized carbons (Fsp3) is 0.429. The summed E-state index contributed by atoms with van der Waals surface area (Å²) in [5.41, 5.74) is 0.676. The Kier molecular flexibility index (Phi) is 8.67. The summed E-state index contributed by atoms with van der Waals surface area (Å²) in [4.78, 5) is 41.9. The van der Waals surface area contributed by atoms with E-state index >= 15 is 0 Å². The Morgan fingerprint density at radius 3 is 2.72 bits per heavy atom. The Labute approximate surface area is 187 Å². The van der Waals surface area contributed by atoms with Gasteiger partial charge in [0, 0.05) is 31.4 Å². The number of nitrogens with zero attached hydrogens (tertiary/aromatic N) is 2. The van der Waals surface area contributed by atoms with Crippen LogP contribution in [0.15, 0.2) is 48.3 Å². The zero-order valence-corrected chi connectivity index (χ0v) is 19.2. The number of Topliss-reactive ketones (excluding diaryl/α,β-unsaturated/α-hetero) is 1. The van der Waals surface area contributed by atoms with E-state index in [1.807, 2.05) is 0 Å². The van der Waals surface area contributed by atoms with Crippen LogP contribution in [-0.2, 0) is 37.4 Å². The van der Waals surface area contributed by atoms with Gasteiger partial charge in [-0.2, -0.15) is 4.72 Å². The molecule has 0 aliphatic carbocycles. The maximum absolute atomic E-state index is 13.0. The first-order valence-electron chi connectivity index (χ1n) is 10.2. The molecule has 2 heterocycles. The van der Waals surface area contributed by atoms with Crippen molar-refractivity contribution in [2.75, 3.05) is 6.54 Å². The van der Waals surface area contributed by atoms with Crippen LogP contribution >= 0.6 is 0 Å². The van der Waals surface area contributed by atoms with Gasteiger partial charge in [-0.3, -0.25) is 14.4 Å². The second kappa shape index (κ2) is 11.0. The molecule has 0 saturated heterocycles. The summed E-state index contributed by atoms with van der Waals surface area (Å²) in [5, 5.41) is 5.07. The number of rotatable bonds is 8. The number of hydrogen-bond donors (Lipinski definition) is 3. The second-order valence-electron chi connectivity index (χ2n) is 7.70. The van der Waals surface area contributed by atoms with E-state index in [0.717, 1.165) is 0 Å². The molecule has 174 valence electrons. The number of amides is 2. The standard InChI is InChI=1S/C21H29N5O5S/c1-5-6-7-8-15(4)32(30,31)25-18(14(2)3)20(28)24-17-11-16-12-22-13-26(16)10-9-23-21(29)19(17)27/h5-8,12-14,17-18,25H,1,9-11H2,2-4H3,(H,23,29)(H,24,28)/b7-6-,15-8+. The van der Waals surface area contributed by atoms with Gasteiger partial charge in [0.05, 0.1) is 11.2 Å². The van der Waals surface area contributed by atoms with E-state index in [4.69, 9.17) is 0 Å². The molecule has 1 aliphatic rings. The zero-order chi connectivity index (χ0) is 23.9. The lowest BCUT2D eigenvalue weighted by atomic mass is 10.0. The maximum atomic E-state index is 13.0. The van der Waals surface area contributed by atoms with Crippen LogP contribution in [0.3, 0.4) is 0 Å². The van der Waals surface area contributed by atoms with Crippen LogP contribution in [-0.4, -0.2) is 54.2 Å². The summed E-state index contributed by atoms with van der Waals surface area (Å²) in [5.74, 6) is -2.73. The Morgan fingerprint density at radius 2 is 2.06 bits per heavy atom. The minimum Gasteiger partial charge on any atom is -0.348 e. The summed E-state index contributed by atoms with van der Waals surface area (Å²) in [6.07, 6.45) is 9.18. The third kappa shape index (κ3) is 6.47. The first kappa shape index (κ1) is 25.2. The topological polar surface area (TPSA) is 139 Å². The fourth-order valence-corrected chi connectivity index (χ4v) is 4.20. The molecule has 1 aliphatic heterocycles. The number of carbonyl (C=O) groups is 3. The van der Waals surface area contributed by atoms with Crippen molar-refractivity contribution >= 4 is 27.6 Å². The van der Waals surface area contributed by atoms with Crippen molar-refractivity contribution in [1.82, 2.24) is 24.9 Å². The Morgan fingerprint density at radius 1 is 1.34 bits per heavy atom. The number of hydrogen-bond acceptors (Lipinski definition) is 6. The van der Waals surface area contributed by atoms with Crippen molar-refractivity contribution < 1.29 is 22.8 Å². The van der Waals surface area contributed by atoms with Crippen molar-refractivity contribution in [3.8, 4) is 0 Å². The lowest BCUT2D eigenvalue weighted by molar-refractivity contribution is -0.140. The summed E-state index contributed by atoms with van der Waals surface area (Å²) in [6.45, 7) is 8.95. The van der Waals surface area contributed by atoms with E-state index in [0.29, 0.717) is 12.2 Å². The third-order valence-electron chi connectivity index (χ3n) is 4.94. The molecule has 2 atom stereocenters. The van der Waals surface area contributed by atoms with Gasteiger partial charge in [0.15, 0.2) is 0 Å². The Hall–Kier alpha value is -3.05. The molecule has 0 radical (unpaired) electrons. The number of sulfonamides is 1. The van der Waals surface area contributed by atoms with Crippen LogP contribution in [0.25, 0.3) is 0 Å². The van der Waals surface area contributed by atoms with Crippen LogP contribution in [0.4, 0.5) is 0 Å². The number of carbonyl (C=O) groups excluding carboxylic acids is 3. The van der Waals surface area contributed by atoms with Gasteiger partial charge < -0.3 is 15.2 Å².